The van der Waals surface area contributed by atoms with E-state index in [4.69, 9.17) is 0 Å². The Labute approximate surface area is 103 Å². The van der Waals surface area contributed by atoms with Gasteiger partial charge in [-0.3, -0.25) is 0 Å². The largest absolute Gasteiger partial charge is 0.345 e. The standard InChI is InChI=1S/C12H12N4S/c1-7-8-4-9-11(14-5-13-9)12(17-3)10(8)15-6-16(7)2/h4-6H,1-3H3/p+1. The Hall–Kier alpha value is -1.62. The van der Waals surface area contributed by atoms with Crippen LogP contribution in [-0.2, 0) is 7.05 Å². The van der Waals surface area contributed by atoms with Crippen LogP contribution in [0.2, 0.25) is 0 Å². The molecule has 0 atom stereocenters. The molecule has 2 heterocycles. The first kappa shape index (κ1) is 10.5. The number of aryl methyl sites for hydroxylation is 2. The minimum atomic E-state index is 1.01. The SMILES string of the molecule is CSc1c2nc[nH]c2cc2c(C)[n+](C)cnc12. The third-order valence-electron chi connectivity index (χ3n) is 3.13. The van der Waals surface area contributed by atoms with Crippen LogP contribution in [-0.4, -0.2) is 21.2 Å². The highest BCUT2D eigenvalue weighted by Crippen LogP contribution is 2.31. The van der Waals surface area contributed by atoms with Gasteiger partial charge in [0, 0.05) is 0 Å². The summed E-state index contributed by atoms with van der Waals surface area (Å²) in [7, 11) is 2.01. The molecule has 1 N–H and O–H groups in total. The van der Waals surface area contributed by atoms with Crippen LogP contribution < -0.4 is 4.57 Å². The van der Waals surface area contributed by atoms with E-state index in [1.807, 2.05) is 17.9 Å². The average Bonchev–Trinajstić information content (AvgIpc) is 2.79. The molecule has 0 radical (unpaired) electrons. The van der Waals surface area contributed by atoms with Crippen molar-refractivity contribution in [2.24, 2.45) is 7.05 Å². The fourth-order valence-electron chi connectivity index (χ4n) is 2.06. The summed E-state index contributed by atoms with van der Waals surface area (Å²) in [5.74, 6) is 0. The predicted molar refractivity (Wildman–Crippen MR) is 69.1 cm³/mol. The maximum Gasteiger partial charge on any atom is 0.286 e. The summed E-state index contributed by atoms with van der Waals surface area (Å²) in [5.41, 5.74) is 4.32. The summed E-state index contributed by atoms with van der Waals surface area (Å²) in [6.07, 6.45) is 5.65. The lowest BCUT2D eigenvalue weighted by Crippen LogP contribution is -2.32. The van der Waals surface area contributed by atoms with E-state index in [1.165, 1.54) is 11.1 Å². The second-order valence-corrected chi connectivity index (χ2v) is 4.86. The number of nitrogens with zero attached hydrogens (tertiary/aromatic N) is 3. The minimum Gasteiger partial charge on any atom is -0.345 e. The lowest BCUT2D eigenvalue weighted by atomic mass is 10.1. The van der Waals surface area contributed by atoms with Crippen LogP contribution in [0.15, 0.2) is 23.6 Å². The van der Waals surface area contributed by atoms with Crippen molar-refractivity contribution in [3.8, 4) is 0 Å². The summed E-state index contributed by atoms with van der Waals surface area (Å²) < 4.78 is 2.04. The number of rotatable bonds is 1. The Balaban J connectivity index is 2.58. The van der Waals surface area contributed by atoms with Crippen molar-refractivity contribution in [1.29, 1.82) is 0 Å². The molecule has 2 aromatic heterocycles. The number of H-pyrrole nitrogens is 1. The molecule has 0 saturated heterocycles. The quantitative estimate of drug-likeness (QED) is 0.526. The van der Waals surface area contributed by atoms with Crippen molar-refractivity contribution in [2.75, 3.05) is 6.26 Å². The third-order valence-corrected chi connectivity index (χ3v) is 3.92. The maximum absolute atomic E-state index is 4.53. The summed E-state index contributed by atoms with van der Waals surface area (Å²) >= 11 is 1.69. The molecule has 17 heavy (non-hydrogen) atoms. The molecule has 0 bridgehead atoms. The molecule has 0 spiro atoms. The lowest BCUT2D eigenvalue weighted by Gasteiger charge is -2.03. The van der Waals surface area contributed by atoms with E-state index in [9.17, 15) is 0 Å². The zero-order valence-corrected chi connectivity index (χ0v) is 10.8. The second-order valence-electron chi connectivity index (χ2n) is 4.05. The van der Waals surface area contributed by atoms with Gasteiger partial charge in [-0.25, -0.2) is 9.55 Å². The zero-order chi connectivity index (χ0) is 12.0. The van der Waals surface area contributed by atoms with Gasteiger partial charge in [-0.2, -0.15) is 0 Å². The van der Waals surface area contributed by atoms with Gasteiger partial charge in [0.25, 0.3) is 6.33 Å². The molecule has 0 aliphatic heterocycles. The van der Waals surface area contributed by atoms with Crippen molar-refractivity contribution in [2.45, 2.75) is 11.8 Å². The number of benzene rings is 1. The predicted octanol–water partition coefficient (Wildman–Crippen LogP) is 1.97. The Morgan fingerprint density at radius 1 is 1.29 bits per heavy atom. The molecule has 0 aliphatic rings. The highest BCUT2D eigenvalue weighted by molar-refractivity contribution is 7.99. The van der Waals surface area contributed by atoms with Crippen LogP contribution in [0.1, 0.15) is 5.69 Å². The number of nitrogens with one attached hydrogen (secondary N) is 1. The molecule has 1 aromatic carbocycles. The van der Waals surface area contributed by atoms with Crippen LogP contribution >= 0.6 is 11.8 Å². The van der Waals surface area contributed by atoms with Crippen molar-refractivity contribution < 1.29 is 4.57 Å². The van der Waals surface area contributed by atoms with Crippen LogP contribution in [0, 0.1) is 6.92 Å². The van der Waals surface area contributed by atoms with Crippen LogP contribution in [0.25, 0.3) is 21.9 Å². The monoisotopic (exact) mass is 245 g/mol. The minimum absolute atomic E-state index is 1.01. The smallest absolute Gasteiger partial charge is 0.286 e. The summed E-state index contributed by atoms with van der Waals surface area (Å²) in [5, 5.41) is 1.18. The van der Waals surface area contributed by atoms with Gasteiger partial charge >= 0.3 is 0 Å². The molecule has 5 heteroatoms. The Morgan fingerprint density at radius 2 is 2.12 bits per heavy atom. The molecule has 0 unspecified atom stereocenters. The van der Waals surface area contributed by atoms with Gasteiger partial charge in [0.1, 0.15) is 11.2 Å². The van der Waals surface area contributed by atoms with E-state index in [0.29, 0.717) is 0 Å². The van der Waals surface area contributed by atoms with Crippen molar-refractivity contribution in [1.82, 2.24) is 15.0 Å². The van der Waals surface area contributed by atoms with Gasteiger partial charge in [0.15, 0.2) is 0 Å². The fraction of sp³-hybridized carbons (Fsp3) is 0.250. The van der Waals surface area contributed by atoms with Crippen molar-refractivity contribution in [3.63, 3.8) is 0 Å². The average molecular weight is 245 g/mol. The van der Waals surface area contributed by atoms with E-state index >= 15 is 0 Å². The number of aromatic nitrogens is 4. The van der Waals surface area contributed by atoms with Crippen LogP contribution in [0.3, 0.4) is 0 Å². The van der Waals surface area contributed by atoms with Crippen LogP contribution in [0.5, 0.6) is 0 Å². The van der Waals surface area contributed by atoms with Crippen molar-refractivity contribution >= 4 is 33.7 Å². The molecular weight excluding hydrogens is 232 g/mol. The number of hydrogen-bond acceptors (Lipinski definition) is 3. The fourth-order valence-corrected chi connectivity index (χ4v) is 2.77. The molecular formula is C12H13N4S+. The molecule has 0 fully saturated rings. The van der Waals surface area contributed by atoms with E-state index in [1.54, 1.807) is 18.1 Å². The molecule has 4 nitrogen and oxygen atoms in total. The van der Waals surface area contributed by atoms with E-state index < -0.39 is 0 Å². The molecule has 0 aliphatic carbocycles. The zero-order valence-electron chi connectivity index (χ0n) is 9.98. The second kappa shape index (κ2) is 3.70. The number of thioether (sulfide) groups is 1. The number of aromatic amines is 1. The lowest BCUT2D eigenvalue weighted by molar-refractivity contribution is -0.679. The van der Waals surface area contributed by atoms with Gasteiger partial charge < -0.3 is 4.98 Å². The van der Waals surface area contributed by atoms with E-state index in [2.05, 4.69) is 34.2 Å². The van der Waals surface area contributed by atoms with Gasteiger partial charge in [-0.1, -0.05) is 0 Å². The third kappa shape index (κ3) is 1.42. The molecule has 86 valence electrons. The van der Waals surface area contributed by atoms with Gasteiger partial charge in [-0.15, -0.1) is 11.8 Å². The van der Waals surface area contributed by atoms with Gasteiger partial charge in [0.2, 0.25) is 5.52 Å². The molecule has 0 saturated carbocycles. The van der Waals surface area contributed by atoms with Crippen LogP contribution in [0.4, 0.5) is 0 Å². The highest BCUT2D eigenvalue weighted by atomic mass is 32.2. The normalized spacial score (nSPS) is 11.5. The van der Waals surface area contributed by atoms with Gasteiger partial charge in [0.05, 0.1) is 29.2 Å². The molecule has 0 amide bonds. The topological polar surface area (TPSA) is 45.5 Å². The number of hydrogen-bond donors (Lipinski definition) is 1. The summed E-state index contributed by atoms with van der Waals surface area (Å²) in [6, 6.07) is 2.12. The number of imidazole rings is 1. The van der Waals surface area contributed by atoms with E-state index in [-0.39, 0.29) is 0 Å². The highest BCUT2D eigenvalue weighted by Gasteiger charge is 2.17. The van der Waals surface area contributed by atoms with Crippen molar-refractivity contribution in [3.05, 3.63) is 24.4 Å². The maximum atomic E-state index is 4.53. The molecule has 3 rings (SSSR count). The Bertz CT molecular complexity index is 717. The van der Waals surface area contributed by atoms with Gasteiger partial charge in [-0.05, 0) is 24.2 Å². The first-order chi connectivity index (χ1) is 8.22. The summed E-state index contributed by atoms with van der Waals surface area (Å²) in [4.78, 5) is 13.2. The number of fused-ring (bicyclic) bond motifs is 2. The Kier molecular flexibility index (Phi) is 2.29. The summed E-state index contributed by atoms with van der Waals surface area (Å²) in [6.45, 7) is 2.11. The first-order valence-corrected chi connectivity index (χ1v) is 6.60. The van der Waals surface area contributed by atoms with E-state index in [0.717, 1.165) is 21.4 Å². The molecule has 3 aromatic rings. The Morgan fingerprint density at radius 3 is 2.88 bits per heavy atom. The first-order valence-electron chi connectivity index (χ1n) is 5.37.